The van der Waals surface area contributed by atoms with E-state index in [2.05, 4.69) is 20.4 Å². The van der Waals surface area contributed by atoms with Crippen LogP contribution in [0.2, 0.25) is 5.02 Å². The Bertz CT molecular complexity index is 857. The van der Waals surface area contributed by atoms with Crippen LogP contribution in [-0.2, 0) is 0 Å². The molecule has 0 bridgehead atoms. The third-order valence-electron chi connectivity index (χ3n) is 3.38. The highest BCUT2D eigenvalue weighted by atomic mass is 35.5. The van der Waals surface area contributed by atoms with Gasteiger partial charge in [-0.15, -0.1) is 0 Å². The molecule has 23 heavy (non-hydrogen) atoms. The number of carbonyl (C=O) groups excluding carboxylic acids is 1. The number of hydrogen-bond donors (Lipinski definition) is 1. The summed E-state index contributed by atoms with van der Waals surface area (Å²) in [6.45, 7) is 3.35. The van der Waals surface area contributed by atoms with E-state index in [0.29, 0.717) is 22.2 Å². The van der Waals surface area contributed by atoms with Crippen molar-refractivity contribution >= 4 is 28.9 Å². The summed E-state index contributed by atoms with van der Waals surface area (Å²) in [6, 6.07) is 9.07. The predicted molar refractivity (Wildman–Crippen MR) is 88.6 cm³/mol. The van der Waals surface area contributed by atoms with Crippen LogP contribution >= 0.6 is 11.6 Å². The number of halogens is 1. The second-order valence-electron chi connectivity index (χ2n) is 5.00. The second-order valence-corrected chi connectivity index (χ2v) is 5.44. The van der Waals surface area contributed by atoms with Crippen molar-refractivity contribution < 1.29 is 4.79 Å². The molecule has 0 unspecified atom stereocenters. The molecule has 3 aromatic rings. The predicted octanol–water partition coefficient (Wildman–Crippen LogP) is 3.57. The SMILES string of the molecule is CC(=O)c1cnn(-c2cc(Nc3ccc(Cl)cc3)ncn2)c1C. The van der Waals surface area contributed by atoms with Gasteiger partial charge in [0.2, 0.25) is 0 Å². The molecular weight excluding hydrogens is 314 g/mol. The van der Waals surface area contributed by atoms with Crippen molar-refractivity contribution in [2.75, 3.05) is 5.32 Å². The number of hydrogen-bond acceptors (Lipinski definition) is 5. The second kappa shape index (κ2) is 6.18. The van der Waals surface area contributed by atoms with Crippen molar-refractivity contribution in [3.63, 3.8) is 0 Å². The Hall–Kier alpha value is -2.73. The largest absolute Gasteiger partial charge is 0.340 e. The van der Waals surface area contributed by atoms with Gasteiger partial charge in [-0.25, -0.2) is 14.6 Å². The zero-order valence-electron chi connectivity index (χ0n) is 12.6. The monoisotopic (exact) mass is 327 g/mol. The first-order valence-electron chi connectivity index (χ1n) is 6.95. The van der Waals surface area contributed by atoms with Gasteiger partial charge in [0.15, 0.2) is 11.6 Å². The third kappa shape index (κ3) is 3.22. The average molecular weight is 328 g/mol. The van der Waals surface area contributed by atoms with Gasteiger partial charge in [0.1, 0.15) is 12.1 Å². The number of nitrogens with zero attached hydrogens (tertiary/aromatic N) is 4. The van der Waals surface area contributed by atoms with E-state index in [-0.39, 0.29) is 5.78 Å². The van der Waals surface area contributed by atoms with Gasteiger partial charge in [0.05, 0.1) is 17.5 Å². The summed E-state index contributed by atoms with van der Waals surface area (Å²) in [5.74, 6) is 1.18. The molecule has 0 saturated heterocycles. The van der Waals surface area contributed by atoms with E-state index >= 15 is 0 Å². The fourth-order valence-corrected chi connectivity index (χ4v) is 2.32. The Morgan fingerprint density at radius 2 is 1.96 bits per heavy atom. The Labute approximate surface area is 138 Å². The first kappa shape index (κ1) is 15.2. The lowest BCUT2D eigenvalue weighted by Gasteiger charge is -2.08. The van der Waals surface area contributed by atoms with Crippen molar-refractivity contribution in [2.45, 2.75) is 13.8 Å². The molecule has 0 amide bonds. The van der Waals surface area contributed by atoms with Crippen LogP contribution in [0.5, 0.6) is 0 Å². The summed E-state index contributed by atoms with van der Waals surface area (Å²) in [6.07, 6.45) is 2.99. The van der Waals surface area contributed by atoms with Gasteiger partial charge in [0, 0.05) is 16.8 Å². The van der Waals surface area contributed by atoms with Crippen LogP contribution in [0.4, 0.5) is 11.5 Å². The van der Waals surface area contributed by atoms with Crippen LogP contribution in [0, 0.1) is 6.92 Å². The molecule has 7 heteroatoms. The first-order chi connectivity index (χ1) is 11.0. The first-order valence-corrected chi connectivity index (χ1v) is 7.33. The maximum atomic E-state index is 11.5. The van der Waals surface area contributed by atoms with Gasteiger partial charge in [-0.2, -0.15) is 5.10 Å². The van der Waals surface area contributed by atoms with Crippen LogP contribution < -0.4 is 5.32 Å². The van der Waals surface area contributed by atoms with Crippen LogP contribution in [-0.4, -0.2) is 25.5 Å². The van der Waals surface area contributed by atoms with E-state index in [4.69, 9.17) is 11.6 Å². The molecule has 2 aromatic heterocycles. The Morgan fingerprint density at radius 3 is 2.61 bits per heavy atom. The van der Waals surface area contributed by atoms with E-state index in [9.17, 15) is 4.79 Å². The fourth-order valence-electron chi connectivity index (χ4n) is 2.20. The highest BCUT2D eigenvalue weighted by Gasteiger charge is 2.12. The molecular formula is C16H14ClN5O. The molecule has 3 rings (SSSR count). The molecule has 2 heterocycles. The van der Waals surface area contributed by atoms with E-state index in [0.717, 1.165) is 11.4 Å². The Morgan fingerprint density at radius 1 is 1.22 bits per heavy atom. The summed E-state index contributed by atoms with van der Waals surface area (Å²) in [5.41, 5.74) is 2.19. The van der Waals surface area contributed by atoms with Crippen molar-refractivity contribution in [1.29, 1.82) is 0 Å². The summed E-state index contributed by atoms with van der Waals surface area (Å²) >= 11 is 5.87. The molecule has 1 aromatic carbocycles. The summed E-state index contributed by atoms with van der Waals surface area (Å²) in [5, 5.41) is 8.07. The molecule has 0 saturated carbocycles. The Balaban J connectivity index is 1.91. The number of nitrogens with one attached hydrogen (secondary N) is 1. The van der Waals surface area contributed by atoms with Gasteiger partial charge < -0.3 is 5.32 Å². The lowest BCUT2D eigenvalue weighted by Crippen LogP contribution is -2.05. The number of ketones is 1. The number of carbonyl (C=O) groups is 1. The van der Waals surface area contributed by atoms with Crippen LogP contribution in [0.3, 0.4) is 0 Å². The maximum absolute atomic E-state index is 11.5. The number of benzene rings is 1. The van der Waals surface area contributed by atoms with Gasteiger partial charge in [-0.3, -0.25) is 4.79 Å². The minimum Gasteiger partial charge on any atom is -0.340 e. The summed E-state index contributed by atoms with van der Waals surface area (Å²) in [4.78, 5) is 19.9. The molecule has 0 aliphatic carbocycles. The van der Waals surface area contributed by atoms with E-state index in [1.54, 1.807) is 29.1 Å². The van der Waals surface area contributed by atoms with Gasteiger partial charge in [-0.05, 0) is 38.1 Å². The molecule has 116 valence electrons. The van der Waals surface area contributed by atoms with Crippen LogP contribution in [0.25, 0.3) is 5.82 Å². The van der Waals surface area contributed by atoms with E-state index < -0.39 is 0 Å². The smallest absolute Gasteiger partial charge is 0.163 e. The minimum absolute atomic E-state index is 0.0256. The molecule has 0 spiro atoms. The number of anilines is 2. The maximum Gasteiger partial charge on any atom is 0.163 e. The molecule has 6 nitrogen and oxygen atoms in total. The molecule has 0 radical (unpaired) electrons. The number of Topliss-reactive ketones (excluding diaryl/α,β-unsaturated/α-hetero) is 1. The van der Waals surface area contributed by atoms with Gasteiger partial charge >= 0.3 is 0 Å². The summed E-state index contributed by atoms with van der Waals surface area (Å²) < 4.78 is 1.62. The van der Waals surface area contributed by atoms with E-state index in [1.807, 2.05) is 19.1 Å². The van der Waals surface area contributed by atoms with Crippen molar-refractivity contribution in [3.05, 3.63) is 59.1 Å². The number of rotatable bonds is 4. The Kier molecular flexibility index (Phi) is 4.08. The molecule has 1 N–H and O–H groups in total. The zero-order valence-corrected chi connectivity index (χ0v) is 13.4. The van der Waals surface area contributed by atoms with Crippen molar-refractivity contribution in [1.82, 2.24) is 19.7 Å². The summed E-state index contributed by atoms with van der Waals surface area (Å²) in [7, 11) is 0. The lowest BCUT2D eigenvalue weighted by atomic mass is 10.2. The zero-order chi connectivity index (χ0) is 16.4. The van der Waals surface area contributed by atoms with Crippen LogP contribution in [0.15, 0.2) is 42.9 Å². The third-order valence-corrected chi connectivity index (χ3v) is 3.63. The highest BCUT2D eigenvalue weighted by molar-refractivity contribution is 6.30. The topological polar surface area (TPSA) is 72.7 Å². The van der Waals surface area contributed by atoms with Gasteiger partial charge in [0.25, 0.3) is 0 Å². The van der Waals surface area contributed by atoms with Crippen molar-refractivity contribution in [3.8, 4) is 5.82 Å². The van der Waals surface area contributed by atoms with Crippen molar-refractivity contribution in [2.24, 2.45) is 0 Å². The average Bonchev–Trinajstić information content (AvgIpc) is 2.92. The van der Waals surface area contributed by atoms with E-state index in [1.165, 1.54) is 13.3 Å². The molecule has 0 aliphatic rings. The molecule has 0 fully saturated rings. The highest BCUT2D eigenvalue weighted by Crippen LogP contribution is 2.19. The molecule has 0 aliphatic heterocycles. The quantitative estimate of drug-likeness (QED) is 0.742. The van der Waals surface area contributed by atoms with Crippen LogP contribution in [0.1, 0.15) is 23.0 Å². The van der Waals surface area contributed by atoms with Gasteiger partial charge in [-0.1, -0.05) is 11.6 Å². The molecule has 0 atom stereocenters. The minimum atomic E-state index is -0.0256. The number of aromatic nitrogens is 4. The normalized spacial score (nSPS) is 10.6. The fraction of sp³-hybridized carbons (Fsp3) is 0.125. The standard InChI is InChI=1S/C16H14ClN5O/c1-10-14(11(2)23)8-20-22(10)16-7-15(18-9-19-16)21-13-5-3-12(17)4-6-13/h3-9H,1-2H3,(H,18,19,21). The lowest BCUT2D eigenvalue weighted by molar-refractivity contribution is 0.101.